The van der Waals surface area contributed by atoms with Crippen molar-refractivity contribution < 1.29 is 19.2 Å². The Balaban J connectivity index is 3.32. The van der Waals surface area contributed by atoms with Gasteiger partial charge in [-0.3, -0.25) is 4.79 Å². The minimum absolute atomic E-state index is 0.0267. The van der Waals surface area contributed by atoms with E-state index in [1.54, 1.807) is 0 Å². The third-order valence-corrected chi connectivity index (χ3v) is 1.94. The van der Waals surface area contributed by atoms with E-state index in [0.29, 0.717) is 0 Å². The maximum absolute atomic E-state index is 12.7. The molecule has 7 heteroatoms. The second-order valence-corrected chi connectivity index (χ2v) is 3.08. The first-order chi connectivity index (χ1) is 6.06. The lowest BCUT2D eigenvalue weighted by molar-refractivity contribution is 0.111. The number of carbonyl (C=O) groups is 1. The van der Waals surface area contributed by atoms with E-state index >= 15 is 0 Å². The smallest absolute Gasteiger partial charge is 0.423 e. The van der Waals surface area contributed by atoms with Gasteiger partial charge in [0.25, 0.3) is 0 Å². The van der Waals surface area contributed by atoms with Crippen LogP contribution in [-0.2, 0) is 0 Å². The number of aromatic nitrogens is 1. The summed E-state index contributed by atoms with van der Waals surface area (Å²) in [4.78, 5) is 13.5. The molecule has 13 heavy (non-hydrogen) atoms. The van der Waals surface area contributed by atoms with Crippen LogP contribution in [0.25, 0.3) is 0 Å². The zero-order valence-electron chi connectivity index (χ0n) is 6.24. The molecule has 0 radical (unpaired) electrons. The van der Waals surface area contributed by atoms with Crippen molar-refractivity contribution >= 4 is 34.8 Å². The fourth-order valence-corrected chi connectivity index (χ4v) is 1.13. The topological polar surface area (TPSA) is 70.4 Å². The molecule has 0 aromatic carbocycles. The molecule has 0 aliphatic rings. The third kappa shape index (κ3) is 2.12. The van der Waals surface area contributed by atoms with Gasteiger partial charge in [-0.2, -0.15) is 4.39 Å². The third-order valence-electron chi connectivity index (χ3n) is 1.38. The van der Waals surface area contributed by atoms with Crippen molar-refractivity contribution in [2.45, 2.75) is 0 Å². The van der Waals surface area contributed by atoms with E-state index in [0.717, 1.165) is 6.07 Å². The van der Waals surface area contributed by atoms with Crippen LogP contribution in [0.3, 0.4) is 0 Å². The molecule has 2 N–H and O–H groups in total. The van der Waals surface area contributed by atoms with E-state index in [2.05, 4.69) is 20.9 Å². The van der Waals surface area contributed by atoms with Crippen molar-refractivity contribution in [1.82, 2.24) is 4.98 Å². The lowest BCUT2D eigenvalue weighted by atomic mass is 9.79. The number of carbonyl (C=O) groups excluding carboxylic acids is 1. The summed E-state index contributed by atoms with van der Waals surface area (Å²) in [6, 6.07) is 1.09. The summed E-state index contributed by atoms with van der Waals surface area (Å²) in [6.07, 6.45) is 0.254. The predicted molar refractivity (Wildman–Crippen MR) is 47.1 cm³/mol. The molecule has 0 aliphatic heterocycles. The van der Waals surface area contributed by atoms with Crippen molar-refractivity contribution in [1.29, 1.82) is 0 Å². The van der Waals surface area contributed by atoms with E-state index in [4.69, 9.17) is 10.0 Å². The second-order valence-electron chi connectivity index (χ2n) is 2.23. The van der Waals surface area contributed by atoms with Gasteiger partial charge in [0.05, 0.1) is 4.47 Å². The van der Waals surface area contributed by atoms with E-state index in [-0.39, 0.29) is 21.9 Å². The van der Waals surface area contributed by atoms with Gasteiger partial charge in [-0.05, 0) is 22.0 Å². The van der Waals surface area contributed by atoms with E-state index in [1.807, 2.05) is 0 Å². The Morgan fingerprint density at radius 3 is 2.69 bits per heavy atom. The van der Waals surface area contributed by atoms with Crippen LogP contribution < -0.4 is 5.46 Å². The van der Waals surface area contributed by atoms with Crippen molar-refractivity contribution in [3.05, 3.63) is 22.2 Å². The number of hydrogen-bond acceptors (Lipinski definition) is 4. The Hall–Kier alpha value is -0.785. The largest absolute Gasteiger partial charge is 0.490 e. The van der Waals surface area contributed by atoms with E-state index in [1.165, 1.54) is 0 Å². The average molecular weight is 248 g/mol. The molecule has 4 nitrogen and oxygen atoms in total. The minimum atomic E-state index is -1.84. The number of hydrogen-bond donors (Lipinski definition) is 2. The molecule has 0 amide bonds. The van der Waals surface area contributed by atoms with Crippen molar-refractivity contribution in [3.8, 4) is 0 Å². The second kappa shape index (κ2) is 3.95. The predicted octanol–water partition coefficient (Wildman–Crippen LogP) is -0.525. The summed E-state index contributed by atoms with van der Waals surface area (Å²) in [5.74, 6) is -0.869. The van der Waals surface area contributed by atoms with Crippen LogP contribution in [0.2, 0.25) is 0 Å². The zero-order valence-corrected chi connectivity index (χ0v) is 7.82. The fourth-order valence-electron chi connectivity index (χ4n) is 0.795. The lowest BCUT2D eigenvalue weighted by Crippen LogP contribution is -2.34. The van der Waals surface area contributed by atoms with Gasteiger partial charge in [0.1, 0.15) is 5.69 Å². The number of pyridine rings is 1. The summed E-state index contributed by atoms with van der Waals surface area (Å²) < 4.78 is 12.7. The SMILES string of the molecule is O=Cc1nc(F)c(Br)cc1B(O)O. The Morgan fingerprint density at radius 1 is 1.62 bits per heavy atom. The summed E-state index contributed by atoms with van der Waals surface area (Å²) in [7, 11) is -1.84. The molecule has 0 saturated carbocycles. The molecular formula is C6H4BBrFNO3. The number of rotatable bonds is 2. The monoisotopic (exact) mass is 247 g/mol. The van der Waals surface area contributed by atoms with Gasteiger partial charge in [0.15, 0.2) is 6.29 Å². The van der Waals surface area contributed by atoms with E-state index < -0.39 is 13.1 Å². The summed E-state index contributed by atoms with van der Waals surface area (Å²) in [6.45, 7) is 0. The normalized spacial score (nSPS) is 9.85. The van der Waals surface area contributed by atoms with Gasteiger partial charge >= 0.3 is 7.12 Å². The van der Waals surface area contributed by atoms with Gasteiger partial charge in [0.2, 0.25) is 5.95 Å². The summed E-state index contributed by atoms with van der Waals surface area (Å²) in [5.41, 5.74) is -0.459. The highest BCUT2D eigenvalue weighted by atomic mass is 79.9. The van der Waals surface area contributed by atoms with Crippen LogP contribution in [0, 0.1) is 5.95 Å². The van der Waals surface area contributed by atoms with Crippen LogP contribution in [0.15, 0.2) is 10.5 Å². The summed E-state index contributed by atoms with van der Waals surface area (Å²) in [5, 5.41) is 17.5. The molecule has 0 spiro atoms. The van der Waals surface area contributed by atoms with Gasteiger partial charge in [0, 0.05) is 5.46 Å². The molecular weight excluding hydrogens is 244 g/mol. The molecule has 0 fully saturated rings. The molecule has 0 atom stereocenters. The van der Waals surface area contributed by atoms with Crippen LogP contribution >= 0.6 is 15.9 Å². The Morgan fingerprint density at radius 2 is 2.23 bits per heavy atom. The highest BCUT2D eigenvalue weighted by Gasteiger charge is 2.19. The number of halogens is 2. The van der Waals surface area contributed by atoms with Crippen LogP contribution in [0.4, 0.5) is 4.39 Å². The van der Waals surface area contributed by atoms with Crippen molar-refractivity contribution in [3.63, 3.8) is 0 Å². The van der Waals surface area contributed by atoms with Crippen LogP contribution in [0.5, 0.6) is 0 Å². The number of nitrogens with zero attached hydrogens (tertiary/aromatic N) is 1. The first kappa shape index (κ1) is 10.3. The highest BCUT2D eigenvalue weighted by molar-refractivity contribution is 9.10. The number of aldehydes is 1. The molecule has 1 aromatic rings. The molecule has 0 bridgehead atoms. The van der Waals surface area contributed by atoms with Gasteiger partial charge in [-0.15, -0.1) is 0 Å². The quantitative estimate of drug-likeness (QED) is 0.419. The van der Waals surface area contributed by atoms with Crippen LogP contribution in [0.1, 0.15) is 10.5 Å². The maximum Gasteiger partial charge on any atom is 0.490 e. The molecule has 1 rings (SSSR count). The Labute approximate surface area is 81.7 Å². The average Bonchev–Trinajstić information content (AvgIpc) is 2.08. The minimum Gasteiger partial charge on any atom is -0.423 e. The van der Waals surface area contributed by atoms with Gasteiger partial charge in [-0.1, -0.05) is 0 Å². The molecule has 1 heterocycles. The summed E-state index contributed by atoms with van der Waals surface area (Å²) >= 11 is 2.80. The van der Waals surface area contributed by atoms with Gasteiger partial charge in [-0.25, -0.2) is 4.98 Å². The lowest BCUT2D eigenvalue weighted by Gasteiger charge is -2.03. The van der Waals surface area contributed by atoms with E-state index in [9.17, 15) is 9.18 Å². The Bertz CT molecular complexity index is 347. The van der Waals surface area contributed by atoms with Crippen molar-refractivity contribution in [2.24, 2.45) is 0 Å². The zero-order chi connectivity index (χ0) is 10.0. The molecule has 0 aliphatic carbocycles. The molecule has 68 valence electrons. The standard InChI is InChI=1S/C6H4BBrFNO3/c8-4-1-3(7(12)13)5(2-11)10-6(4)9/h1-2,12-13H. The molecule has 0 unspecified atom stereocenters. The fraction of sp³-hybridized carbons (Fsp3) is 0. The van der Waals surface area contributed by atoms with Crippen molar-refractivity contribution in [2.75, 3.05) is 0 Å². The first-order valence-electron chi connectivity index (χ1n) is 3.23. The molecule has 0 saturated heterocycles. The highest BCUT2D eigenvalue weighted by Crippen LogP contribution is 2.11. The molecule has 1 aromatic heterocycles. The Kier molecular flexibility index (Phi) is 3.13. The van der Waals surface area contributed by atoms with Crippen LogP contribution in [-0.4, -0.2) is 28.4 Å². The van der Waals surface area contributed by atoms with Gasteiger partial charge < -0.3 is 10.0 Å². The first-order valence-corrected chi connectivity index (χ1v) is 4.02. The maximum atomic E-state index is 12.7.